The summed E-state index contributed by atoms with van der Waals surface area (Å²) in [5, 5.41) is 3.19. The van der Waals surface area contributed by atoms with Crippen LogP contribution in [-0.2, 0) is 21.2 Å². The lowest BCUT2D eigenvalue weighted by Gasteiger charge is -2.20. The molecule has 7 nitrogen and oxygen atoms in total. The van der Waals surface area contributed by atoms with Crippen LogP contribution in [0.4, 0.5) is 5.69 Å². The summed E-state index contributed by atoms with van der Waals surface area (Å²) in [5.74, 6) is 0.970. The third-order valence-corrected chi connectivity index (χ3v) is 7.53. The number of amides is 1. The minimum atomic E-state index is -4.06. The number of carbonyl (C=O) groups excluding carboxylic acids is 1. The SMILES string of the molecule is CCOc1ccc(S(=O)(=O)N[C@@H](Cc2ccccc2)C(=O)Nc2cc(Cl)ccc2Oc2ccccc2)cc1C. The smallest absolute Gasteiger partial charge is 0.243 e. The van der Waals surface area contributed by atoms with Crippen molar-refractivity contribution in [2.75, 3.05) is 11.9 Å². The van der Waals surface area contributed by atoms with E-state index in [1.54, 1.807) is 43.3 Å². The molecule has 4 aromatic carbocycles. The quantitative estimate of drug-likeness (QED) is 0.221. The number of hydrogen-bond acceptors (Lipinski definition) is 5. The molecule has 1 atom stereocenters. The van der Waals surface area contributed by atoms with Gasteiger partial charge in [0, 0.05) is 5.02 Å². The van der Waals surface area contributed by atoms with Crippen LogP contribution in [0.5, 0.6) is 17.2 Å². The lowest BCUT2D eigenvalue weighted by molar-refractivity contribution is -0.117. The Balaban J connectivity index is 1.62. The molecule has 0 unspecified atom stereocenters. The van der Waals surface area contributed by atoms with Gasteiger partial charge in [-0.2, -0.15) is 4.72 Å². The fourth-order valence-corrected chi connectivity index (χ4v) is 5.38. The van der Waals surface area contributed by atoms with Gasteiger partial charge in [-0.15, -0.1) is 0 Å². The van der Waals surface area contributed by atoms with Crippen molar-refractivity contribution >= 4 is 33.2 Å². The lowest BCUT2D eigenvalue weighted by Crippen LogP contribution is -2.45. The molecule has 0 saturated carbocycles. The number of hydrogen-bond donors (Lipinski definition) is 2. The van der Waals surface area contributed by atoms with Crippen LogP contribution < -0.4 is 19.5 Å². The van der Waals surface area contributed by atoms with Crippen LogP contribution in [0.15, 0.2) is 102 Å². The lowest BCUT2D eigenvalue weighted by atomic mass is 10.1. The maximum atomic E-state index is 13.6. The zero-order chi connectivity index (χ0) is 27.8. The molecule has 0 aliphatic heterocycles. The summed E-state index contributed by atoms with van der Waals surface area (Å²) < 4.78 is 40.9. The summed E-state index contributed by atoms with van der Waals surface area (Å²) >= 11 is 6.22. The molecular weight excluding hydrogens is 536 g/mol. The van der Waals surface area contributed by atoms with E-state index in [9.17, 15) is 13.2 Å². The standard InChI is InChI=1S/C30H29ClN2O5S/c1-3-37-28-17-15-25(18-21(28)2)39(35,36)33-27(19-22-10-6-4-7-11-22)30(34)32-26-20-23(31)14-16-29(26)38-24-12-8-5-9-13-24/h4-18,20,27,33H,3,19H2,1-2H3,(H,32,34)/t27-/m0/s1. The van der Waals surface area contributed by atoms with E-state index in [-0.39, 0.29) is 11.3 Å². The van der Waals surface area contributed by atoms with Gasteiger partial charge in [-0.3, -0.25) is 4.79 Å². The minimum Gasteiger partial charge on any atom is -0.494 e. The number of aryl methyl sites for hydroxylation is 1. The Hall–Kier alpha value is -3.85. The molecule has 4 aromatic rings. The Kier molecular flexibility index (Phi) is 9.24. The number of rotatable bonds is 11. The fourth-order valence-electron chi connectivity index (χ4n) is 3.92. The van der Waals surface area contributed by atoms with Crippen LogP contribution in [0.2, 0.25) is 5.02 Å². The average molecular weight is 565 g/mol. The van der Waals surface area contributed by atoms with Gasteiger partial charge in [0.2, 0.25) is 15.9 Å². The van der Waals surface area contributed by atoms with Crippen molar-refractivity contribution in [2.45, 2.75) is 31.2 Å². The fraction of sp³-hybridized carbons (Fsp3) is 0.167. The van der Waals surface area contributed by atoms with E-state index < -0.39 is 22.0 Å². The first-order valence-electron chi connectivity index (χ1n) is 12.4. The number of halogens is 1. The molecule has 9 heteroatoms. The number of anilines is 1. The van der Waals surface area contributed by atoms with Crippen molar-refractivity contribution in [3.8, 4) is 17.2 Å². The molecule has 39 heavy (non-hydrogen) atoms. The highest BCUT2D eigenvalue weighted by atomic mass is 35.5. The maximum absolute atomic E-state index is 13.6. The summed E-state index contributed by atoms with van der Waals surface area (Å²) in [5.41, 5.74) is 1.77. The van der Waals surface area contributed by atoms with Crippen LogP contribution in [0.25, 0.3) is 0 Å². The summed E-state index contributed by atoms with van der Waals surface area (Å²) in [4.78, 5) is 13.6. The van der Waals surface area contributed by atoms with Gasteiger partial charge in [0.05, 0.1) is 17.2 Å². The molecule has 0 spiro atoms. The number of para-hydroxylation sites is 1. The van der Waals surface area contributed by atoms with Gasteiger partial charge >= 0.3 is 0 Å². The van der Waals surface area contributed by atoms with E-state index in [0.29, 0.717) is 40.1 Å². The van der Waals surface area contributed by atoms with Gasteiger partial charge < -0.3 is 14.8 Å². The van der Waals surface area contributed by atoms with Gasteiger partial charge in [-0.05, 0) is 79.9 Å². The number of sulfonamides is 1. The molecule has 0 aliphatic rings. The maximum Gasteiger partial charge on any atom is 0.243 e. The van der Waals surface area contributed by atoms with E-state index in [1.807, 2.05) is 55.5 Å². The second kappa shape index (κ2) is 12.8. The van der Waals surface area contributed by atoms with E-state index in [1.165, 1.54) is 12.1 Å². The molecule has 0 aromatic heterocycles. The summed E-state index contributed by atoms with van der Waals surface area (Å²) in [6, 6.07) is 26.6. The Morgan fingerprint density at radius 2 is 1.56 bits per heavy atom. The van der Waals surface area contributed by atoms with Gasteiger partial charge in [0.1, 0.15) is 17.5 Å². The Morgan fingerprint density at radius 1 is 0.897 bits per heavy atom. The monoisotopic (exact) mass is 564 g/mol. The van der Waals surface area contributed by atoms with Crippen molar-refractivity contribution in [1.82, 2.24) is 4.72 Å². The van der Waals surface area contributed by atoms with Crippen LogP contribution in [0, 0.1) is 6.92 Å². The topological polar surface area (TPSA) is 93.7 Å². The van der Waals surface area contributed by atoms with Gasteiger partial charge in [-0.1, -0.05) is 60.1 Å². The molecule has 1 amide bonds. The summed E-state index contributed by atoms with van der Waals surface area (Å²) in [6.07, 6.45) is 0.122. The Morgan fingerprint density at radius 3 is 2.23 bits per heavy atom. The predicted molar refractivity (Wildman–Crippen MR) is 153 cm³/mol. The van der Waals surface area contributed by atoms with Gasteiger partial charge in [-0.25, -0.2) is 8.42 Å². The first-order chi connectivity index (χ1) is 18.7. The van der Waals surface area contributed by atoms with Crippen LogP contribution in [0.3, 0.4) is 0 Å². The second-order valence-electron chi connectivity index (χ2n) is 8.77. The van der Waals surface area contributed by atoms with Crippen LogP contribution in [0.1, 0.15) is 18.1 Å². The molecule has 0 fully saturated rings. The van der Waals surface area contributed by atoms with E-state index in [2.05, 4.69) is 10.0 Å². The van der Waals surface area contributed by atoms with Crippen molar-refractivity contribution in [2.24, 2.45) is 0 Å². The number of benzene rings is 4. The first kappa shape index (κ1) is 28.2. The van der Waals surface area contributed by atoms with E-state index in [0.717, 1.165) is 5.56 Å². The highest BCUT2D eigenvalue weighted by molar-refractivity contribution is 7.89. The molecule has 0 saturated heterocycles. The van der Waals surface area contributed by atoms with Crippen molar-refractivity contribution < 1.29 is 22.7 Å². The van der Waals surface area contributed by atoms with Crippen LogP contribution in [-0.4, -0.2) is 27.0 Å². The first-order valence-corrected chi connectivity index (χ1v) is 14.2. The minimum absolute atomic E-state index is 0.0326. The largest absolute Gasteiger partial charge is 0.494 e. The number of ether oxygens (including phenoxy) is 2. The number of nitrogens with one attached hydrogen (secondary N) is 2. The van der Waals surface area contributed by atoms with Crippen molar-refractivity contribution in [3.05, 3.63) is 113 Å². The zero-order valence-electron chi connectivity index (χ0n) is 21.6. The molecule has 4 rings (SSSR count). The molecule has 0 radical (unpaired) electrons. The molecule has 2 N–H and O–H groups in total. The molecule has 0 bridgehead atoms. The molecule has 0 heterocycles. The zero-order valence-corrected chi connectivity index (χ0v) is 23.1. The highest BCUT2D eigenvalue weighted by Gasteiger charge is 2.27. The normalized spacial score (nSPS) is 12.0. The molecule has 0 aliphatic carbocycles. The Labute approximate surface area is 233 Å². The van der Waals surface area contributed by atoms with Gasteiger partial charge in [0.25, 0.3) is 0 Å². The highest BCUT2D eigenvalue weighted by Crippen LogP contribution is 2.32. The number of carbonyl (C=O) groups is 1. The van der Waals surface area contributed by atoms with E-state index in [4.69, 9.17) is 21.1 Å². The summed E-state index contributed by atoms with van der Waals surface area (Å²) in [7, 11) is -4.06. The molecule has 202 valence electrons. The Bertz CT molecular complexity index is 1530. The summed E-state index contributed by atoms with van der Waals surface area (Å²) in [6.45, 7) is 4.09. The van der Waals surface area contributed by atoms with Gasteiger partial charge in [0.15, 0.2) is 5.75 Å². The predicted octanol–water partition coefficient (Wildman–Crippen LogP) is 6.37. The second-order valence-corrected chi connectivity index (χ2v) is 10.9. The third-order valence-electron chi connectivity index (χ3n) is 5.82. The van der Waals surface area contributed by atoms with Crippen molar-refractivity contribution in [3.63, 3.8) is 0 Å². The van der Waals surface area contributed by atoms with Crippen LogP contribution >= 0.6 is 11.6 Å². The third kappa shape index (κ3) is 7.60. The molecular formula is C30H29ClN2O5S. The van der Waals surface area contributed by atoms with E-state index >= 15 is 0 Å². The average Bonchev–Trinajstić information content (AvgIpc) is 2.92. The van der Waals surface area contributed by atoms with Crippen molar-refractivity contribution in [1.29, 1.82) is 0 Å².